The summed E-state index contributed by atoms with van der Waals surface area (Å²) in [6.07, 6.45) is 4.62. The van der Waals surface area contributed by atoms with Crippen molar-refractivity contribution in [3.8, 4) is 0 Å². The summed E-state index contributed by atoms with van der Waals surface area (Å²) in [6, 6.07) is 3.56. The summed E-state index contributed by atoms with van der Waals surface area (Å²) in [7, 11) is 0. The van der Waals surface area contributed by atoms with Gasteiger partial charge in [-0.1, -0.05) is 11.3 Å². The summed E-state index contributed by atoms with van der Waals surface area (Å²) in [6.45, 7) is 0. The maximum absolute atomic E-state index is 10.6. The van der Waals surface area contributed by atoms with Gasteiger partial charge in [0.25, 0.3) is 0 Å². The molecular weight excluding hydrogens is 214 g/mol. The van der Waals surface area contributed by atoms with Crippen LogP contribution in [-0.4, -0.2) is 21.0 Å². The first kappa shape index (κ1) is 9.60. The molecule has 0 atom stereocenters. The summed E-state index contributed by atoms with van der Waals surface area (Å²) < 4.78 is 0. The number of pyridine rings is 1. The van der Waals surface area contributed by atoms with Crippen LogP contribution in [0.25, 0.3) is 0 Å². The zero-order valence-corrected chi connectivity index (χ0v) is 8.36. The van der Waals surface area contributed by atoms with Crippen LogP contribution >= 0.6 is 11.3 Å². The number of carboxylic acid groups (broad SMARTS) is 1. The Kier molecular flexibility index (Phi) is 2.59. The molecule has 0 spiro atoms. The van der Waals surface area contributed by atoms with Gasteiger partial charge in [-0.15, -0.1) is 0 Å². The SMILES string of the molecule is O=C(O)c1cnc(Nc2ccncc2)s1. The van der Waals surface area contributed by atoms with Gasteiger partial charge in [0.05, 0.1) is 6.20 Å². The first-order valence-corrected chi connectivity index (χ1v) is 4.93. The molecule has 0 amide bonds. The fourth-order valence-electron chi connectivity index (χ4n) is 0.989. The lowest BCUT2D eigenvalue weighted by Crippen LogP contribution is -1.90. The van der Waals surface area contributed by atoms with Crippen molar-refractivity contribution in [3.05, 3.63) is 35.6 Å². The van der Waals surface area contributed by atoms with Crippen LogP contribution in [0.5, 0.6) is 0 Å². The second kappa shape index (κ2) is 4.05. The quantitative estimate of drug-likeness (QED) is 0.828. The van der Waals surface area contributed by atoms with Crippen molar-refractivity contribution in [3.63, 3.8) is 0 Å². The third-order valence-electron chi connectivity index (χ3n) is 1.65. The van der Waals surface area contributed by atoms with Gasteiger partial charge < -0.3 is 10.4 Å². The van der Waals surface area contributed by atoms with Gasteiger partial charge in [-0.3, -0.25) is 4.98 Å². The predicted molar refractivity (Wildman–Crippen MR) is 56.6 cm³/mol. The smallest absolute Gasteiger partial charge is 0.347 e. The number of aromatic carboxylic acids is 1. The summed E-state index contributed by atoms with van der Waals surface area (Å²) in [5.74, 6) is -0.963. The summed E-state index contributed by atoms with van der Waals surface area (Å²) in [5.41, 5.74) is 0.830. The molecule has 2 heterocycles. The number of hydrogen-bond donors (Lipinski definition) is 2. The fraction of sp³-hybridized carbons (Fsp3) is 0. The summed E-state index contributed by atoms with van der Waals surface area (Å²) >= 11 is 1.09. The van der Waals surface area contributed by atoms with E-state index in [0.29, 0.717) is 5.13 Å². The second-order valence-electron chi connectivity index (χ2n) is 2.70. The molecule has 15 heavy (non-hydrogen) atoms. The molecular formula is C9H7N3O2S. The van der Waals surface area contributed by atoms with E-state index in [1.54, 1.807) is 24.5 Å². The van der Waals surface area contributed by atoms with Crippen molar-refractivity contribution in [2.24, 2.45) is 0 Å². The fourth-order valence-corrected chi connectivity index (χ4v) is 1.66. The lowest BCUT2D eigenvalue weighted by molar-refractivity contribution is 0.0702. The molecule has 0 fully saturated rings. The topological polar surface area (TPSA) is 75.1 Å². The Morgan fingerprint density at radius 2 is 2.13 bits per heavy atom. The first-order valence-electron chi connectivity index (χ1n) is 4.12. The van der Waals surface area contributed by atoms with Crippen LogP contribution in [0.15, 0.2) is 30.7 Å². The Balaban J connectivity index is 2.15. The first-order chi connectivity index (χ1) is 7.25. The van der Waals surface area contributed by atoms with E-state index in [1.165, 1.54) is 6.20 Å². The molecule has 0 saturated carbocycles. The average Bonchev–Trinajstić information content (AvgIpc) is 2.68. The lowest BCUT2D eigenvalue weighted by Gasteiger charge is -1.99. The third kappa shape index (κ3) is 2.29. The largest absolute Gasteiger partial charge is 0.477 e. The van der Waals surface area contributed by atoms with Gasteiger partial charge in [0.1, 0.15) is 4.88 Å². The lowest BCUT2D eigenvalue weighted by atomic mass is 10.4. The van der Waals surface area contributed by atoms with Crippen molar-refractivity contribution in [2.75, 3.05) is 5.32 Å². The zero-order chi connectivity index (χ0) is 10.7. The molecule has 0 aromatic carbocycles. The molecule has 5 nitrogen and oxygen atoms in total. The Morgan fingerprint density at radius 3 is 2.73 bits per heavy atom. The molecule has 0 aliphatic carbocycles. The Morgan fingerprint density at radius 1 is 1.40 bits per heavy atom. The molecule has 2 aromatic heterocycles. The molecule has 0 radical (unpaired) electrons. The van der Waals surface area contributed by atoms with E-state index in [4.69, 9.17) is 5.11 Å². The summed E-state index contributed by atoms with van der Waals surface area (Å²) in [4.78, 5) is 18.6. The maximum atomic E-state index is 10.6. The van der Waals surface area contributed by atoms with E-state index in [-0.39, 0.29) is 4.88 Å². The van der Waals surface area contributed by atoms with Gasteiger partial charge in [0, 0.05) is 18.1 Å². The normalized spacial score (nSPS) is 9.87. The number of carbonyl (C=O) groups is 1. The van der Waals surface area contributed by atoms with Gasteiger partial charge in [0.15, 0.2) is 5.13 Å². The number of nitrogens with zero attached hydrogens (tertiary/aromatic N) is 2. The van der Waals surface area contributed by atoms with Crippen LogP contribution in [-0.2, 0) is 0 Å². The number of hydrogen-bond acceptors (Lipinski definition) is 5. The average molecular weight is 221 g/mol. The second-order valence-corrected chi connectivity index (χ2v) is 3.73. The Hall–Kier alpha value is -1.95. The van der Waals surface area contributed by atoms with Crippen LogP contribution in [0.4, 0.5) is 10.8 Å². The predicted octanol–water partition coefficient (Wildman–Crippen LogP) is 1.98. The molecule has 76 valence electrons. The third-order valence-corrected chi connectivity index (χ3v) is 2.55. The van der Waals surface area contributed by atoms with Crippen LogP contribution < -0.4 is 5.32 Å². The van der Waals surface area contributed by atoms with Crippen molar-refractivity contribution in [1.82, 2.24) is 9.97 Å². The van der Waals surface area contributed by atoms with Crippen molar-refractivity contribution in [2.45, 2.75) is 0 Å². The highest BCUT2D eigenvalue weighted by Crippen LogP contribution is 2.21. The van der Waals surface area contributed by atoms with Crippen molar-refractivity contribution in [1.29, 1.82) is 0 Å². The Labute approximate surface area is 89.4 Å². The van der Waals surface area contributed by atoms with Crippen LogP contribution in [0.2, 0.25) is 0 Å². The van der Waals surface area contributed by atoms with E-state index in [1.807, 2.05) is 0 Å². The van der Waals surface area contributed by atoms with Gasteiger partial charge in [-0.05, 0) is 12.1 Å². The monoisotopic (exact) mass is 221 g/mol. The number of rotatable bonds is 3. The Bertz CT molecular complexity index is 469. The van der Waals surface area contributed by atoms with Crippen LogP contribution in [0, 0.1) is 0 Å². The summed E-state index contributed by atoms with van der Waals surface area (Å²) in [5, 5.41) is 12.2. The van der Waals surface area contributed by atoms with E-state index in [0.717, 1.165) is 17.0 Å². The van der Waals surface area contributed by atoms with E-state index in [9.17, 15) is 4.79 Å². The maximum Gasteiger partial charge on any atom is 0.347 e. The van der Waals surface area contributed by atoms with E-state index >= 15 is 0 Å². The van der Waals surface area contributed by atoms with Gasteiger partial charge in [0.2, 0.25) is 0 Å². The number of thiazole rings is 1. The van der Waals surface area contributed by atoms with Crippen LogP contribution in [0.3, 0.4) is 0 Å². The van der Waals surface area contributed by atoms with Crippen molar-refractivity contribution >= 4 is 28.1 Å². The molecule has 0 aliphatic rings. The van der Waals surface area contributed by atoms with Gasteiger partial charge in [-0.25, -0.2) is 9.78 Å². The molecule has 0 aliphatic heterocycles. The van der Waals surface area contributed by atoms with E-state index < -0.39 is 5.97 Å². The highest BCUT2D eigenvalue weighted by atomic mass is 32.1. The molecule has 0 unspecified atom stereocenters. The molecule has 0 bridgehead atoms. The van der Waals surface area contributed by atoms with Crippen LogP contribution in [0.1, 0.15) is 9.67 Å². The number of carboxylic acids is 1. The number of aromatic nitrogens is 2. The van der Waals surface area contributed by atoms with Crippen molar-refractivity contribution < 1.29 is 9.90 Å². The minimum Gasteiger partial charge on any atom is -0.477 e. The number of nitrogens with one attached hydrogen (secondary N) is 1. The zero-order valence-electron chi connectivity index (χ0n) is 7.54. The highest BCUT2D eigenvalue weighted by molar-refractivity contribution is 7.17. The number of anilines is 2. The van der Waals surface area contributed by atoms with Gasteiger partial charge in [-0.2, -0.15) is 0 Å². The highest BCUT2D eigenvalue weighted by Gasteiger charge is 2.07. The minimum atomic E-state index is -0.963. The minimum absolute atomic E-state index is 0.214. The molecule has 6 heteroatoms. The van der Waals surface area contributed by atoms with Gasteiger partial charge >= 0.3 is 5.97 Å². The van der Waals surface area contributed by atoms with E-state index in [2.05, 4.69) is 15.3 Å². The molecule has 0 saturated heterocycles. The molecule has 2 aromatic rings. The molecule has 2 N–H and O–H groups in total. The standard InChI is InChI=1S/C9H7N3O2S/c13-8(14)7-5-11-9(15-7)12-6-1-3-10-4-2-6/h1-5H,(H,13,14)(H,10,11,12). The molecule has 2 rings (SSSR count).